The number of imide groups is 2. The number of hydrogen-bond donors (Lipinski definition) is 4. The number of halogens is 3. The number of hydrogen-bond acceptors (Lipinski definition) is 8. The van der Waals surface area contributed by atoms with Crippen molar-refractivity contribution in [3.05, 3.63) is 29.3 Å². The number of nitrogens with two attached hydrogens (primary N) is 1. The van der Waals surface area contributed by atoms with Crippen LogP contribution in [0.5, 0.6) is 0 Å². The lowest BCUT2D eigenvalue weighted by Gasteiger charge is -2.31. The van der Waals surface area contributed by atoms with Crippen LogP contribution in [-0.4, -0.2) is 89.4 Å². The van der Waals surface area contributed by atoms with Gasteiger partial charge in [-0.1, -0.05) is 6.07 Å². The second-order valence-corrected chi connectivity index (χ2v) is 9.62. The summed E-state index contributed by atoms with van der Waals surface area (Å²) in [5.74, 6) is -3.95. The number of nitrogens with one attached hydrogen (secondary N) is 2. The van der Waals surface area contributed by atoms with Crippen LogP contribution in [0.3, 0.4) is 0 Å². The summed E-state index contributed by atoms with van der Waals surface area (Å²) in [5.41, 5.74) is 6.88. The van der Waals surface area contributed by atoms with Crippen LogP contribution in [0.25, 0.3) is 0 Å². The summed E-state index contributed by atoms with van der Waals surface area (Å²) in [6.07, 6.45) is -0.395. The van der Waals surface area contributed by atoms with Crippen LogP contribution < -0.4 is 16.4 Å². The number of carboxylic acid groups (broad SMARTS) is 1. The number of amides is 4. The molecule has 5 N–H and O–H groups in total. The Balaban J connectivity index is 0.000000532. The Morgan fingerprint density at radius 1 is 1.10 bits per heavy atom. The highest BCUT2D eigenvalue weighted by Gasteiger charge is 2.45. The molecule has 14 heteroatoms. The van der Waals surface area contributed by atoms with E-state index in [1.165, 1.54) is 12.8 Å². The molecule has 1 unspecified atom stereocenters. The van der Waals surface area contributed by atoms with Crippen molar-refractivity contribution in [2.75, 3.05) is 38.0 Å². The van der Waals surface area contributed by atoms with Gasteiger partial charge in [-0.3, -0.25) is 29.4 Å². The summed E-state index contributed by atoms with van der Waals surface area (Å²) in [6, 6.07) is 4.19. The topological polar surface area (TPSA) is 162 Å². The Morgan fingerprint density at radius 2 is 1.77 bits per heavy atom. The first kappa shape index (κ1) is 30.0. The second-order valence-electron chi connectivity index (χ2n) is 9.62. The van der Waals surface area contributed by atoms with E-state index in [1.54, 1.807) is 18.2 Å². The molecule has 0 aromatic heterocycles. The molecule has 11 nitrogen and oxygen atoms in total. The maximum absolute atomic E-state index is 13.1. The van der Waals surface area contributed by atoms with Crippen LogP contribution in [0, 0.1) is 5.92 Å². The highest BCUT2D eigenvalue weighted by molar-refractivity contribution is 6.25. The zero-order valence-electron chi connectivity index (χ0n) is 21.3. The van der Waals surface area contributed by atoms with Gasteiger partial charge in [-0.25, -0.2) is 4.79 Å². The quantitative estimate of drug-likeness (QED) is 0.276. The first-order valence-corrected chi connectivity index (χ1v) is 12.7. The summed E-state index contributed by atoms with van der Waals surface area (Å²) < 4.78 is 31.7. The fraction of sp³-hybridized carbons (Fsp3) is 0.560. The third-order valence-corrected chi connectivity index (χ3v) is 6.96. The summed E-state index contributed by atoms with van der Waals surface area (Å²) >= 11 is 0. The summed E-state index contributed by atoms with van der Waals surface area (Å²) in [5, 5.41) is 12.7. The minimum atomic E-state index is -5.08. The number of carboxylic acids is 1. The van der Waals surface area contributed by atoms with E-state index in [2.05, 4.69) is 15.5 Å². The Bertz CT molecular complexity index is 1100. The minimum Gasteiger partial charge on any atom is -0.475 e. The molecule has 0 aliphatic carbocycles. The number of aliphatic carboxylic acids is 1. The van der Waals surface area contributed by atoms with Crippen LogP contribution in [0.15, 0.2) is 18.2 Å². The predicted molar refractivity (Wildman–Crippen MR) is 133 cm³/mol. The third-order valence-electron chi connectivity index (χ3n) is 6.96. The molecule has 2 saturated heterocycles. The molecule has 1 atom stereocenters. The molecule has 1 aromatic carbocycles. The number of alkyl halides is 3. The summed E-state index contributed by atoms with van der Waals surface area (Å²) in [7, 11) is 0. The highest BCUT2D eigenvalue weighted by atomic mass is 19.4. The number of nitrogens with zero attached hydrogens (tertiary/aromatic N) is 2. The zero-order valence-corrected chi connectivity index (χ0v) is 21.3. The van der Waals surface area contributed by atoms with Gasteiger partial charge in [0, 0.05) is 18.7 Å². The maximum Gasteiger partial charge on any atom is 0.490 e. The first-order valence-electron chi connectivity index (χ1n) is 12.7. The molecule has 2 fully saturated rings. The molecule has 214 valence electrons. The lowest BCUT2D eigenvalue weighted by atomic mass is 9.93. The zero-order chi connectivity index (χ0) is 28.7. The SMILES string of the molecule is NCCC1CCN(CCCNc2cccc3c2C(=O)N(C2CCC(=O)NC2=O)C3=O)CC1.O=C(O)C(F)(F)F. The molecule has 3 aliphatic heterocycles. The van der Waals surface area contributed by atoms with Crippen LogP contribution in [0.4, 0.5) is 18.9 Å². The van der Waals surface area contributed by atoms with Gasteiger partial charge in [-0.2, -0.15) is 13.2 Å². The molecule has 4 amide bonds. The number of anilines is 1. The molecule has 0 bridgehead atoms. The van der Waals surface area contributed by atoms with E-state index in [0.29, 0.717) is 23.4 Å². The molecule has 39 heavy (non-hydrogen) atoms. The van der Waals surface area contributed by atoms with Crippen molar-refractivity contribution in [3.8, 4) is 0 Å². The minimum absolute atomic E-state index is 0.110. The largest absolute Gasteiger partial charge is 0.490 e. The normalized spacial score (nSPS) is 20.3. The standard InChI is InChI=1S/C23H31N5O4.C2HF3O2/c24-10-7-15-8-13-27(14-9-15)12-2-11-25-17-4-1-3-16-20(17)23(32)28(22(16)31)18-5-6-19(29)26-21(18)30;3-2(4,5)1(6)7/h1,3-4,15,18,25H,2,5-14,24H2,(H,26,29,30);(H,6,7). The Hall–Kier alpha value is -3.52. The van der Waals surface area contributed by atoms with Crippen molar-refractivity contribution in [1.29, 1.82) is 0 Å². The van der Waals surface area contributed by atoms with Crippen LogP contribution in [0.2, 0.25) is 0 Å². The molecule has 3 heterocycles. The van der Waals surface area contributed by atoms with Crippen molar-refractivity contribution in [1.82, 2.24) is 15.1 Å². The Kier molecular flexibility index (Phi) is 10.0. The number of likely N-dealkylation sites (tertiary alicyclic amines) is 1. The number of carbonyl (C=O) groups excluding carboxylic acids is 4. The molecule has 3 aliphatic rings. The summed E-state index contributed by atoms with van der Waals surface area (Å²) in [6.45, 7) is 4.61. The fourth-order valence-electron chi connectivity index (χ4n) is 4.92. The van der Waals surface area contributed by atoms with E-state index in [9.17, 15) is 32.3 Å². The number of piperidine rings is 2. The molecule has 0 saturated carbocycles. The van der Waals surface area contributed by atoms with Gasteiger partial charge in [0.15, 0.2) is 0 Å². The second kappa shape index (κ2) is 13.0. The van der Waals surface area contributed by atoms with Gasteiger partial charge >= 0.3 is 12.1 Å². The van der Waals surface area contributed by atoms with Crippen LogP contribution in [0.1, 0.15) is 59.2 Å². The van der Waals surface area contributed by atoms with E-state index in [4.69, 9.17) is 15.6 Å². The highest BCUT2D eigenvalue weighted by Crippen LogP contribution is 2.32. The monoisotopic (exact) mass is 555 g/mol. The average Bonchev–Trinajstić information content (AvgIpc) is 3.13. The molecule has 0 spiro atoms. The molecule has 4 rings (SSSR count). The van der Waals surface area contributed by atoms with Gasteiger partial charge in [0.2, 0.25) is 11.8 Å². The smallest absolute Gasteiger partial charge is 0.475 e. The fourth-order valence-corrected chi connectivity index (χ4v) is 4.92. The van der Waals surface area contributed by atoms with Gasteiger partial charge in [-0.05, 0) is 76.3 Å². The van der Waals surface area contributed by atoms with E-state index in [1.807, 2.05) is 0 Å². The lowest BCUT2D eigenvalue weighted by Crippen LogP contribution is -2.54. The van der Waals surface area contributed by atoms with Crippen molar-refractivity contribution in [3.63, 3.8) is 0 Å². The van der Waals surface area contributed by atoms with Crippen molar-refractivity contribution in [2.24, 2.45) is 11.7 Å². The van der Waals surface area contributed by atoms with E-state index in [0.717, 1.165) is 49.8 Å². The predicted octanol–water partition coefficient (Wildman–Crippen LogP) is 1.58. The van der Waals surface area contributed by atoms with Gasteiger partial charge in [0.05, 0.1) is 11.1 Å². The Labute approximate surface area is 222 Å². The van der Waals surface area contributed by atoms with Gasteiger partial charge in [-0.15, -0.1) is 0 Å². The van der Waals surface area contributed by atoms with Crippen molar-refractivity contribution >= 4 is 35.3 Å². The number of carbonyl (C=O) groups is 5. The number of fused-ring (bicyclic) bond motifs is 1. The molecule has 1 aromatic rings. The Morgan fingerprint density at radius 3 is 2.36 bits per heavy atom. The van der Waals surface area contributed by atoms with Crippen LogP contribution in [-0.2, 0) is 14.4 Å². The van der Waals surface area contributed by atoms with Crippen LogP contribution >= 0.6 is 0 Å². The first-order chi connectivity index (χ1) is 18.4. The van der Waals surface area contributed by atoms with E-state index < -0.39 is 35.9 Å². The molecular weight excluding hydrogens is 523 g/mol. The van der Waals surface area contributed by atoms with E-state index >= 15 is 0 Å². The molecular formula is C25H32F3N5O6. The van der Waals surface area contributed by atoms with Gasteiger partial charge < -0.3 is 21.1 Å². The number of rotatable bonds is 8. The van der Waals surface area contributed by atoms with Gasteiger partial charge in [0.1, 0.15) is 6.04 Å². The van der Waals surface area contributed by atoms with E-state index in [-0.39, 0.29) is 18.7 Å². The van der Waals surface area contributed by atoms with Crippen molar-refractivity contribution in [2.45, 2.75) is 50.7 Å². The molecule has 0 radical (unpaired) electrons. The third kappa shape index (κ3) is 7.53. The maximum atomic E-state index is 13.1. The average molecular weight is 556 g/mol. The van der Waals surface area contributed by atoms with Gasteiger partial charge in [0.25, 0.3) is 11.8 Å². The van der Waals surface area contributed by atoms with Crippen molar-refractivity contribution < 1.29 is 42.3 Å². The summed E-state index contributed by atoms with van der Waals surface area (Å²) in [4.78, 5) is 62.0. The lowest BCUT2D eigenvalue weighted by molar-refractivity contribution is -0.192. The number of benzene rings is 1.